The third-order valence-corrected chi connectivity index (χ3v) is 3.80. The van der Waals surface area contributed by atoms with Crippen molar-refractivity contribution in [1.82, 2.24) is 9.97 Å². The highest BCUT2D eigenvalue weighted by Crippen LogP contribution is 2.21. The molecular formula is C15H12N2OS. The van der Waals surface area contributed by atoms with Gasteiger partial charge in [-0.1, -0.05) is 54.2 Å². The zero-order chi connectivity index (χ0) is 13.1. The first-order chi connectivity index (χ1) is 9.31. The van der Waals surface area contributed by atoms with E-state index in [0.717, 1.165) is 5.75 Å². The van der Waals surface area contributed by atoms with Gasteiger partial charge in [-0.3, -0.25) is 4.79 Å². The van der Waals surface area contributed by atoms with Gasteiger partial charge in [0, 0.05) is 18.0 Å². The lowest BCUT2D eigenvalue weighted by Gasteiger charge is -2.03. The molecule has 0 unspecified atom stereocenters. The smallest absolute Gasteiger partial charge is 0.251 e. The lowest BCUT2D eigenvalue weighted by atomic mass is 10.1. The number of fused-ring (bicyclic) bond motifs is 1. The third-order valence-electron chi connectivity index (χ3n) is 2.84. The van der Waals surface area contributed by atoms with E-state index in [0.29, 0.717) is 5.16 Å². The second kappa shape index (κ2) is 5.28. The minimum atomic E-state index is -0.115. The van der Waals surface area contributed by atoms with Gasteiger partial charge in [0.25, 0.3) is 5.56 Å². The third kappa shape index (κ3) is 2.85. The molecule has 3 rings (SSSR count). The lowest BCUT2D eigenvalue weighted by molar-refractivity contribution is 0.936. The predicted molar refractivity (Wildman–Crippen MR) is 78.4 cm³/mol. The van der Waals surface area contributed by atoms with Crippen molar-refractivity contribution in [2.75, 3.05) is 0 Å². The largest absolute Gasteiger partial charge is 0.301 e. The molecule has 0 fully saturated rings. The van der Waals surface area contributed by atoms with E-state index in [4.69, 9.17) is 0 Å². The van der Waals surface area contributed by atoms with E-state index < -0.39 is 0 Å². The van der Waals surface area contributed by atoms with E-state index in [9.17, 15) is 4.79 Å². The van der Waals surface area contributed by atoms with Gasteiger partial charge >= 0.3 is 0 Å². The number of nitrogens with one attached hydrogen (secondary N) is 1. The topological polar surface area (TPSA) is 45.8 Å². The van der Waals surface area contributed by atoms with Gasteiger partial charge in [0.05, 0.1) is 0 Å². The molecule has 0 amide bonds. The van der Waals surface area contributed by atoms with Crippen LogP contribution in [0.15, 0.2) is 64.7 Å². The first-order valence-electron chi connectivity index (χ1n) is 5.97. The van der Waals surface area contributed by atoms with Crippen LogP contribution < -0.4 is 5.56 Å². The summed E-state index contributed by atoms with van der Waals surface area (Å²) < 4.78 is 0. The Bertz CT molecular complexity index is 767. The number of hydrogen-bond donors (Lipinski definition) is 1. The first kappa shape index (κ1) is 12.0. The van der Waals surface area contributed by atoms with Gasteiger partial charge in [-0.2, -0.15) is 0 Å². The Morgan fingerprint density at radius 1 is 1.05 bits per heavy atom. The quantitative estimate of drug-likeness (QED) is 0.586. The van der Waals surface area contributed by atoms with Gasteiger partial charge in [-0.25, -0.2) is 4.98 Å². The van der Waals surface area contributed by atoms with Crippen molar-refractivity contribution in [2.45, 2.75) is 10.9 Å². The van der Waals surface area contributed by atoms with Crippen LogP contribution in [-0.4, -0.2) is 9.97 Å². The molecular weight excluding hydrogens is 256 g/mol. The number of hydrogen-bond acceptors (Lipinski definition) is 3. The van der Waals surface area contributed by atoms with Gasteiger partial charge in [-0.15, -0.1) is 0 Å². The normalized spacial score (nSPS) is 10.7. The highest BCUT2D eigenvalue weighted by Gasteiger charge is 2.00. The minimum absolute atomic E-state index is 0.115. The molecule has 0 radical (unpaired) electrons. The fraction of sp³-hybridized carbons (Fsp3) is 0.0667. The van der Waals surface area contributed by atoms with Crippen LogP contribution in [0.4, 0.5) is 0 Å². The second-order valence-electron chi connectivity index (χ2n) is 4.21. The fourth-order valence-electron chi connectivity index (χ4n) is 1.91. The number of nitrogens with zero attached hydrogens (tertiary/aromatic N) is 1. The molecule has 3 aromatic rings. The summed E-state index contributed by atoms with van der Waals surface area (Å²) in [6.45, 7) is 0. The minimum Gasteiger partial charge on any atom is -0.301 e. The van der Waals surface area contributed by atoms with Crippen LogP contribution in [-0.2, 0) is 5.75 Å². The summed E-state index contributed by atoms with van der Waals surface area (Å²) in [5, 5.41) is 3.12. The summed E-state index contributed by atoms with van der Waals surface area (Å²) in [6.07, 6.45) is 1.53. The van der Waals surface area contributed by atoms with Crippen molar-refractivity contribution in [1.29, 1.82) is 0 Å². The summed E-state index contributed by atoms with van der Waals surface area (Å²) in [4.78, 5) is 18.0. The molecule has 0 saturated heterocycles. The number of aromatic amines is 1. The van der Waals surface area contributed by atoms with Crippen LogP contribution in [0.3, 0.4) is 0 Å². The SMILES string of the molecule is O=c1ccnc(SCc2ccc3ccccc3c2)[nH]1. The van der Waals surface area contributed by atoms with Crippen LogP contribution in [0, 0.1) is 0 Å². The van der Waals surface area contributed by atoms with E-state index in [2.05, 4.69) is 40.3 Å². The molecule has 4 heteroatoms. The van der Waals surface area contributed by atoms with Gasteiger partial charge in [0.1, 0.15) is 0 Å². The summed E-state index contributed by atoms with van der Waals surface area (Å²) in [7, 11) is 0. The van der Waals surface area contributed by atoms with Crippen LogP contribution in [0.2, 0.25) is 0 Å². The Morgan fingerprint density at radius 3 is 2.74 bits per heavy atom. The summed E-state index contributed by atoms with van der Waals surface area (Å²) in [5.41, 5.74) is 1.10. The average Bonchev–Trinajstić information content (AvgIpc) is 2.45. The van der Waals surface area contributed by atoms with Crippen LogP contribution in [0.1, 0.15) is 5.56 Å². The molecule has 1 N–H and O–H groups in total. The number of rotatable bonds is 3. The van der Waals surface area contributed by atoms with Crippen LogP contribution in [0.5, 0.6) is 0 Å². The van der Waals surface area contributed by atoms with E-state index in [-0.39, 0.29) is 5.56 Å². The molecule has 0 atom stereocenters. The van der Waals surface area contributed by atoms with E-state index in [1.165, 1.54) is 40.4 Å². The zero-order valence-corrected chi connectivity index (χ0v) is 11.0. The molecule has 19 heavy (non-hydrogen) atoms. The summed E-state index contributed by atoms with van der Waals surface area (Å²) in [6, 6.07) is 16.1. The molecule has 1 aromatic heterocycles. The molecule has 1 heterocycles. The molecule has 0 aliphatic carbocycles. The highest BCUT2D eigenvalue weighted by molar-refractivity contribution is 7.98. The van der Waals surface area contributed by atoms with Crippen molar-refractivity contribution < 1.29 is 0 Å². The van der Waals surface area contributed by atoms with E-state index in [1.54, 1.807) is 0 Å². The van der Waals surface area contributed by atoms with E-state index in [1.807, 2.05) is 12.1 Å². The highest BCUT2D eigenvalue weighted by atomic mass is 32.2. The van der Waals surface area contributed by atoms with Crippen molar-refractivity contribution in [3.05, 3.63) is 70.6 Å². The maximum atomic E-state index is 11.2. The second-order valence-corrected chi connectivity index (χ2v) is 5.17. The molecule has 3 nitrogen and oxygen atoms in total. The Hall–Kier alpha value is -2.07. The van der Waals surface area contributed by atoms with Crippen LogP contribution in [0.25, 0.3) is 10.8 Å². The molecule has 0 aliphatic heterocycles. The lowest BCUT2D eigenvalue weighted by Crippen LogP contribution is -2.05. The van der Waals surface area contributed by atoms with Gasteiger partial charge < -0.3 is 4.98 Å². The maximum Gasteiger partial charge on any atom is 0.251 e. The molecule has 2 aromatic carbocycles. The molecule has 0 aliphatic rings. The van der Waals surface area contributed by atoms with Crippen molar-refractivity contribution in [3.63, 3.8) is 0 Å². The van der Waals surface area contributed by atoms with Crippen molar-refractivity contribution >= 4 is 22.5 Å². The Balaban J connectivity index is 1.80. The average molecular weight is 268 g/mol. The zero-order valence-electron chi connectivity index (χ0n) is 10.2. The van der Waals surface area contributed by atoms with Gasteiger partial charge in [0.2, 0.25) is 0 Å². The number of aromatic nitrogens is 2. The van der Waals surface area contributed by atoms with Gasteiger partial charge in [0.15, 0.2) is 5.16 Å². The number of benzene rings is 2. The Morgan fingerprint density at radius 2 is 1.89 bits per heavy atom. The fourth-order valence-corrected chi connectivity index (χ4v) is 2.70. The monoisotopic (exact) mass is 268 g/mol. The molecule has 0 spiro atoms. The summed E-state index contributed by atoms with van der Waals surface area (Å²) >= 11 is 1.53. The van der Waals surface area contributed by atoms with Crippen LogP contribution >= 0.6 is 11.8 Å². The first-order valence-corrected chi connectivity index (χ1v) is 6.96. The molecule has 94 valence electrons. The van der Waals surface area contributed by atoms with Gasteiger partial charge in [-0.05, 0) is 16.3 Å². The maximum absolute atomic E-state index is 11.2. The van der Waals surface area contributed by atoms with Crippen molar-refractivity contribution in [3.8, 4) is 0 Å². The molecule has 0 saturated carbocycles. The Labute approximate surface area is 114 Å². The summed E-state index contributed by atoms with van der Waals surface area (Å²) in [5.74, 6) is 0.789. The Kier molecular flexibility index (Phi) is 3.33. The number of thioether (sulfide) groups is 1. The predicted octanol–water partition coefficient (Wildman–Crippen LogP) is 3.22. The van der Waals surface area contributed by atoms with E-state index >= 15 is 0 Å². The number of H-pyrrole nitrogens is 1. The standard InChI is InChI=1S/C15H12N2OS/c18-14-7-8-16-15(17-14)19-10-11-5-6-12-3-1-2-4-13(12)9-11/h1-9H,10H2,(H,16,17,18). The van der Waals surface area contributed by atoms with Crippen molar-refractivity contribution in [2.24, 2.45) is 0 Å². The molecule has 0 bridgehead atoms.